The van der Waals surface area contributed by atoms with Gasteiger partial charge in [-0.25, -0.2) is 0 Å². The van der Waals surface area contributed by atoms with Gasteiger partial charge in [0.05, 0.1) is 0 Å². The molecule has 0 aliphatic heterocycles. The molecule has 1 aromatic rings. The van der Waals surface area contributed by atoms with Crippen LogP contribution in [-0.2, 0) is 6.42 Å². The van der Waals surface area contributed by atoms with Gasteiger partial charge < -0.3 is 9.84 Å². The SMILES string of the molecule is CC(C)Cc1cc(C(=O)NC2CCCC2)no1. The van der Waals surface area contributed by atoms with E-state index >= 15 is 0 Å². The summed E-state index contributed by atoms with van der Waals surface area (Å²) >= 11 is 0. The van der Waals surface area contributed by atoms with Crippen molar-refractivity contribution >= 4 is 5.91 Å². The Hall–Kier alpha value is -1.32. The highest BCUT2D eigenvalue weighted by Crippen LogP contribution is 2.18. The van der Waals surface area contributed by atoms with E-state index in [4.69, 9.17) is 4.52 Å². The van der Waals surface area contributed by atoms with Crippen LogP contribution in [0.5, 0.6) is 0 Å². The molecule has 1 amide bonds. The third-order valence-electron chi connectivity index (χ3n) is 3.09. The van der Waals surface area contributed by atoms with Crippen molar-refractivity contribution in [2.45, 2.75) is 52.0 Å². The molecule has 2 rings (SSSR count). The molecule has 17 heavy (non-hydrogen) atoms. The Morgan fingerprint density at radius 3 is 2.88 bits per heavy atom. The van der Waals surface area contributed by atoms with Crippen LogP contribution < -0.4 is 5.32 Å². The largest absolute Gasteiger partial charge is 0.361 e. The second kappa shape index (κ2) is 5.34. The van der Waals surface area contributed by atoms with Gasteiger partial charge in [-0.2, -0.15) is 0 Å². The number of nitrogens with zero attached hydrogens (tertiary/aromatic N) is 1. The lowest BCUT2D eigenvalue weighted by molar-refractivity contribution is 0.0928. The van der Waals surface area contributed by atoms with Gasteiger partial charge in [-0.1, -0.05) is 31.8 Å². The molecule has 0 atom stereocenters. The van der Waals surface area contributed by atoms with Crippen LogP contribution >= 0.6 is 0 Å². The number of hydrogen-bond donors (Lipinski definition) is 1. The average molecular weight is 236 g/mol. The second-order valence-corrected chi connectivity index (χ2v) is 5.23. The Morgan fingerprint density at radius 1 is 1.53 bits per heavy atom. The molecule has 0 spiro atoms. The Bertz CT molecular complexity index is 379. The van der Waals surface area contributed by atoms with Gasteiger partial charge >= 0.3 is 0 Å². The molecule has 94 valence electrons. The Kier molecular flexibility index (Phi) is 3.82. The van der Waals surface area contributed by atoms with Gasteiger partial charge in [-0.3, -0.25) is 4.79 Å². The highest BCUT2D eigenvalue weighted by Gasteiger charge is 2.20. The molecule has 1 N–H and O–H groups in total. The highest BCUT2D eigenvalue weighted by atomic mass is 16.5. The van der Waals surface area contributed by atoms with Crippen LogP contribution in [-0.4, -0.2) is 17.1 Å². The maximum absolute atomic E-state index is 11.9. The lowest BCUT2D eigenvalue weighted by Gasteiger charge is -2.09. The number of rotatable bonds is 4. The second-order valence-electron chi connectivity index (χ2n) is 5.23. The van der Waals surface area contributed by atoms with E-state index in [1.54, 1.807) is 6.07 Å². The number of nitrogens with one attached hydrogen (secondary N) is 1. The first-order valence-electron chi connectivity index (χ1n) is 6.41. The molecular formula is C13H20N2O2. The molecule has 1 heterocycles. The van der Waals surface area contributed by atoms with Gasteiger partial charge in [0.2, 0.25) is 0 Å². The predicted octanol–water partition coefficient (Wildman–Crippen LogP) is 2.55. The lowest BCUT2D eigenvalue weighted by atomic mass is 10.1. The molecule has 0 bridgehead atoms. The van der Waals surface area contributed by atoms with E-state index < -0.39 is 0 Å². The Morgan fingerprint density at radius 2 is 2.24 bits per heavy atom. The van der Waals surface area contributed by atoms with E-state index in [9.17, 15) is 4.79 Å². The van der Waals surface area contributed by atoms with Crippen molar-refractivity contribution < 1.29 is 9.32 Å². The minimum atomic E-state index is -0.101. The van der Waals surface area contributed by atoms with Crippen LogP contribution in [0.1, 0.15) is 55.8 Å². The highest BCUT2D eigenvalue weighted by molar-refractivity contribution is 5.92. The smallest absolute Gasteiger partial charge is 0.273 e. The molecule has 1 saturated carbocycles. The summed E-state index contributed by atoms with van der Waals surface area (Å²) in [6.07, 6.45) is 5.42. The number of carbonyl (C=O) groups is 1. The number of hydrogen-bond acceptors (Lipinski definition) is 3. The molecule has 0 aromatic carbocycles. The minimum absolute atomic E-state index is 0.101. The first-order valence-corrected chi connectivity index (χ1v) is 6.41. The van der Waals surface area contributed by atoms with Crippen molar-refractivity contribution in [2.75, 3.05) is 0 Å². The van der Waals surface area contributed by atoms with Crippen molar-refractivity contribution in [1.82, 2.24) is 10.5 Å². The fraction of sp³-hybridized carbons (Fsp3) is 0.692. The summed E-state index contributed by atoms with van der Waals surface area (Å²) in [5.41, 5.74) is 0.410. The van der Waals surface area contributed by atoms with Crippen molar-refractivity contribution in [1.29, 1.82) is 0 Å². The number of aromatic nitrogens is 1. The lowest BCUT2D eigenvalue weighted by Crippen LogP contribution is -2.32. The molecule has 1 aliphatic rings. The zero-order chi connectivity index (χ0) is 12.3. The predicted molar refractivity (Wildman–Crippen MR) is 64.8 cm³/mol. The zero-order valence-corrected chi connectivity index (χ0v) is 10.5. The molecule has 1 fully saturated rings. The first kappa shape index (κ1) is 12.1. The van der Waals surface area contributed by atoms with Gasteiger partial charge in [-0.15, -0.1) is 0 Å². The van der Waals surface area contributed by atoms with Crippen LogP contribution in [0.15, 0.2) is 10.6 Å². The van der Waals surface area contributed by atoms with E-state index in [0.29, 0.717) is 17.7 Å². The van der Waals surface area contributed by atoms with Crippen LogP contribution in [0.2, 0.25) is 0 Å². The number of carbonyl (C=O) groups excluding carboxylic acids is 1. The molecule has 1 aliphatic carbocycles. The summed E-state index contributed by atoms with van der Waals surface area (Å²) in [7, 11) is 0. The fourth-order valence-electron chi connectivity index (χ4n) is 2.25. The summed E-state index contributed by atoms with van der Waals surface area (Å²) in [5, 5.41) is 6.82. The van der Waals surface area contributed by atoms with E-state index in [0.717, 1.165) is 25.0 Å². The average Bonchev–Trinajstić information content (AvgIpc) is 2.87. The molecule has 0 unspecified atom stereocenters. The Labute approximate surface area is 102 Å². The van der Waals surface area contributed by atoms with Crippen LogP contribution in [0.4, 0.5) is 0 Å². The third-order valence-corrected chi connectivity index (χ3v) is 3.09. The van der Waals surface area contributed by atoms with Crippen LogP contribution in [0.3, 0.4) is 0 Å². The molecule has 0 radical (unpaired) electrons. The van der Waals surface area contributed by atoms with E-state index in [1.165, 1.54) is 12.8 Å². The Balaban J connectivity index is 1.92. The molecule has 0 saturated heterocycles. The van der Waals surface area contributed by atoms with Gasteiger partial charge in [0.1, 0.15) is 5.76 Å². The molecule has 4 nitrogen and oxygen atoms in total. The summed E-state index contributed by atoms with van der Waals surface area (Å²) in [6.45, 7) is 4.22. The van der Waals surface area contributed by atoms with E-state index in [2.05, 4.69) is 24.3 Å². The summed E-state index contributed by atoms with van der Waals surface area (Å²) in [6, 6.07) is 2.08. The van der Waals surface area contributed by atoms with E-state index in [1.807, 2.05) is 0 Å². The topological polar surface area (TPSA) is 55.1 Å². The standard InChI is InChI=1S/C13H20N2O2/c1-9(2)7-11-8-12(15-17-11)13(16)14-10-5-3-4-6-10/h8-10H,3-7H2,1-2H3,(H,14,16). The van der Waals surface area contributed by atoms with Gasteiger partial charge in [0.25, 0.3) is 5.91 Å². The van der Waals surface area contributed by atoms with Gasteiger partial charge in [0.15, 0.2) is 5.69 Å². The van der Waals surface area contributed by atoms with Crippen molar-refractivity contribution in [3.05, 3.63) is 17.5 Å². The maximum atomic E-state index is 11.9. The van der Waals surface area contributed by atoms with Crippen molar-refractivity contribution in [2.24, 2.45) is 5.92 Å². The molecule has 4 heteroatoms. The minimum Gasteiger partial charge on any atom is -0.361 e. The zero-order valence-electron chi connectivity index (χ0n) is 10.5. The molecular weight excluding hydrogens is 216 g/mol. The van der Waals surface area contributed by atoms with Crippen molar-refractivity contribution in [3.63, 3.8) is 0 Å². The molecule has 1 aromatic heterocycles. The summed E-state index contributed by atoms with van der Waals surface area (Å²) in [4.78, 5) is 11.9. The van der Waals surface area contributed by atoms with E-state index in [-0.39, 0.29) is 5.91 Å². The number of amides is 1. The quantitative estimate of drug-likeness (QED) is 0.874. The van der Waals surface area contributed by atoms with Crippen LogP contribution in [0, 0.1) is 5.92 Å². The third kappa shape index (κ3) is 3.32. The fourth-order valence-corrected chi connectivity index (χ4v) is 2.25. The monoisotopic (exact) mass is 236 g/mol. The van der Waals surface area contributed by atoms with Crippen molar-refractivity contribution in [3.8, 4) is 0 Å². The normalized spacial score (nSPS) is 16.6. The summed E-state index contributed by atoms with van der Waals surface area (Å²) in [5.74, 6) is 1.20. The van der Waals surface area contributed by atoms with Gasteiger partial charge in [0, 0.05) is 18.5 Å². The maximum Gasteiger partial charge on any atom is 0.273 e. The summed E-state index contributed by atoms with van der Waals surface area (Å²) < 4.78 is 5.15. The van der Waals surface area contributed by atoms with Gasteiger partial charge in [-0.05, 0) is 18.8 Å². The van der Waals surface area contributed by atoms with Crippen LogP contribution in [0.25, 0.3) is 0 Å². The first-order chi connectivity index (χ1) is 8.15.